The highest BCUT2D eigenvalue weighted by Gasteiger charge is 2.23. The number of rotatable bonds is 4. The van der Waals surface area contributed by atoms with E-state index in [1.807, 2.05) is 30.3 Å². The Kier molecular flexibility index (Phi) is 5.48. The Bertz CT molecular complexity index is 392. The fourth-order valence-electron chi connectivity index (χ4n) is 2.24. The van der Waals surface area contributed by atoms with Crippen LogP contribution in [-0.2, 0) is 11.3 Å². The smallest absolute Gasteiger partial charge is 0.410 e. The lowest BCUT2D eigenvalue weighted by molar-refractivity contribution is 0.0826. The van der Waals surface area contributed by atoms with E-state index in [9.17, 15) is 4.79 Å². The predicted octanol–water partition coefficient (Wildman–Crippen LogP) is 2.78. The van der Waals surface area contributed by atoms with Crippen LogP contribution >= 0.6 is 11.8 Å². The van der Waals surface area contributed by atoms with Crippen molar-refractivity contribution in [2.24, 2.45) is 5.92 Å². The Morgan fingerprint density at radius 1 is 1.32 bits per heavy atom. The number of nitrogens with one attached hydrogen (secondary N) is 1. The van der Waals surface area contributed by atoms with Gasteiger partial charge in [-0.3, -0.25) is 0 Å². The summed E-state index contributed by atoms with van der Waals surface area (Å²) in [6.45, 7) is 2.63. The maximum absolute atomic E-state index is 11.9. The van der Waals surface area contributed by atoms with Crippen molar-refractivity contribution in [3.05, 3.63) is 35.9 Å². The maximum Gasteiger partial charge on any atom is 0.410 e. The number of piperidine rings is 1. The summed E-state index contributed by atoms with van der Waals surface area (Å²) in [6.07, 6.45) is 1.72. The van der Waals surface area contributed by atoms with Crippen molar-refractivity contribution < 1.29 is 9.53 Å². The molecule has 1 N–H and O–H groups in total. The summed E-state index contributed by atoms with van der Waals surface area (Å²) in [5, 5.41) is 0. The number of carbonyl (C=O) groups is 1. The minimum atomic E-state index is -0.221. The second-order valence-electron chi connectivity index (χ2n) is 4.81. The summed E-state index contributed by atoms with van der Waals surface area (Å²) < 4.78 is 5.31. The molecule has 1 aromatic rings. The van der Waals surface area contributed by atoms with Gasteiger partial charge in [-0.1, -0.05) is 30.3 Å². The number of nitrogens with zero attached hydrogens (tertiary/aromatic N) is 1. The molecule has 1 aliphatic heterocycles. The van der Waals surface area contributed by atoms with Crippen molar-refractivity contribution in [1.82, 2.24) is 9.74 Å². The second kappa shape index (κ2) is 7.36. The Hall–Kier alpha value is -1.26. The van der Waals surface area contributed by atoms with E-state index < -0.39 is 0 Å². The third kappa shape index (κ3) is 4.40. The molecule has 5 heteroatoms. The Morgan fingerprint density at radius 3 is 2.63 bits per heavy atom. The van der Waals surface area contributed by atoms with Gasteiger partial charge in [0.1, 0.15) is 6.61 Å². The number of halogens is 1. The highest BCUT2D eigenvalue weighted by Crippen LogP contribution is 2.17. The molecule has 1 aromatic carbocycles. The Morgan fingerprint density at radius 2 is 2.00 bits per heavy atom. The standard InChI is InChI=1S/C14H19ClN2O2/c15-16-10-12-6-8-17(9-7-12)14(18)19-11-13-4-2-1-3-5-13/h1-5,12,16H,6-11H2. The molecule has 0 spiro atoms. The fraction of sp³-hybridized carbons (Fsp3) is 0.500. The summed E-state index contributed by atoms with van der Waals surface area (Å²) in [4.78, 5) is 16.3. The lowest BCUT2D eigenvalue weighted by Gasteiger charge is -2.30. The summed E-state index contributed by atoms with van der Waals surface area (Å²) in [6, 6.07) is 9.72. The minimum Gasteiger partial charge on any atom is -0.445 e. The van der Waals surface area contributed by atoms with Crippen LogP contribution in [0.2, 0.25) is 0 Å². The molecule has 0 unspecified atom stereocenters. The van der Waals surface area contributed by atoms with Crippen LogP contribution in [0.1, 0.15) is 18.4 Å². The predicted molar refractivity (Wildman–Crippen MR) is 74.8 cm³/mol. The number of carbonyl (C=O) groups excluding carboxylic acids is 1. The zero-order valence-electron chi connectivity index (χ0n) is 10.8. The van der Waals surface area contributed by atoms with Gasteiger partial charge in [0, 0.05) is 19.6 Å². The van der Waals surface area contributed by atoms with E-state index >= 15 is 0 Å². The molecule has 0 aromatic heterocycles. The van der Waals surface area contributed by atoms with E-state index in [-0.39, 0.29) is 6.09 Å². The molecule has 0 aliphatic carbocycles. The molecule has 2 rings (SSSR count). The van der Waals surface area contributed by atoms with E-state index in [2.05, 4.69) is 4.84 Å². The maximum atomic E-state index is 11.9. The van der Waals surface area contributed by atoms with E-state index in [1.165, 1.54) is 0 Å². The van der Waals surface area contributed by atoms with Gasteiger partial charge < -0.3 is 9.64 Å². The molecule has 19 heavy (non-hydrogen) atoms. The van der Waals surface area contributed by atoms with Crippen LogP contribution in [-0.4, -0.2) is 30.6 Å². The quantitative estimate of drug-likeness (QED) is 0.864. The number of ether oxygens (including phenoxy) is 1. The molecule has 1 aliphatic rings. The molecule has 104 valence electrons. The van der Waals surface area contributed by atoms with Gasteiger partial charge in [-0.2, -0.15) is 0 Å². The van der Waals surface area contributed by atoms with Gasteiger partial charge in [-0.15, -0.1) is 0 Å². The van der Waals surface area contributed by atoms with Crippen LogP contribution in [0.4, 0.5) is 4.79 Å². The first-order valence-corrected chi connectivity index (χ1v) is 6.96. The lowest BCUT2D eigenvalue weighted by atomic mass is 9.97. The number of benzene rings is 1. The van der Waals surface area contributed by atoms with Crippen molar-refractivity contribution in [3.63, 3.8) is 0 Å². The van der Waals surface area contributed by atoms with Crippen molar-refractivity contribution in [2.45, 2.75) is 19.4 Å². The largest absolute Gasteiger partial charge is 0.445 e. The van der Waals surface area contributed by atoms with Gasteiger partial charge in [-0.05, 0) is 36.1 Å². The van der Waals surface area contributed by atoms with Gasteiger partial charge in [0.2, 0.25) is 0 Å². The summed E-state index contributed by atoms with van der Waals surface area (Å²) in [7, 11) is 0. The molecule has 0 saturated carbocycles. The molecule has 1 saturated heterocycles. The van der Waals surface area contributed by atoms with Crippen LogP contribution in [0.15, 0.2) is 30.3 Å². The molecule has 0 atom stereocenters. The first-order valence-electron chi connectivity index (χ1n) is 6.58. The first kappa shape index (κ1) is 14.2. The van der Waals surface area contributed by atoms with Crippen LogP contribution in [0.25, 0.3) is 0 Å². The van der Waals surface area contributed by atoms with Crippen LogP contribution < -0.4 is 4.84 Å². The third-order valence-electron chi connectivity index (χ3n) is 3.44. The molecular formula is C14H19ClN2O2. The lowest BCUT2D eigenvalue weighted by Crippen LogP contribution is -2.40. The average molecular weight is 283 g/mol. The van der Waals surface area contributed by atoms with Gasteiger partial charge in [0.25, 0.3) is 0 Å². The molecule has 4 nitrogen and oxygen atoms in total. The average Bonchev–Trinajstić information content (AvgIpc) is 2.47. The molecule has 0 radical (unpaired) electrons. The third-order valence-corrected chi connectivity index (χ3v) is 3.60. The first-order chi connectivity index (χ1) is 9.29. The minimum absolute atomic E-state index is 0.221. The van der Waals surface area contributed by atoms with Crippen molar-refractivity contribution in [3.8, 4) is 0 Å². The number of hydrogen-bond donors (Lipinski definition) is 1. The van der Waals surface area contributed by atoms with Crippen molar-refractivity contribution in [2.75, 3.05) is 19.6 Å². The second-order valence-corrected chi connectivity index (χ2v) is 5.08. The Balaban J connectivity index is 1.73. The van der Waals surface area contributed by atoms with Gasteiger partial charge >= 0.3 is 6.09 Å². The van der Waals surface area contributed by atoms with Crippen LogP contribution in [0, 0.1) is 5.92 Å². The van der Waals surface area contributed by atoms with Crippen LogP contribution in [0.5, 0.6) is 0 Å². The zero-order valence-corrected chi connectivity index (χ0v) is 11.6. The Labute approximate surface area is 118 Å². The van der Waals surface area contributed by atoms with Gasteiger partial charge in [-0.25, -0.2) is 9.63 Å². The SMILES string of the molecule is O=C(OCc1ccccc1)N1CCC(CNCl)CC1. The normalized spacial score (nSPS) is 16.4. The van der Waals surface area contributed by atoms with Crippen molar-refractivity contribution >= 4 is 17.9 Å². The molecule has 0 bridgehead atoms. The molecular weight excluding hydrogens is 264 g/mol. The molecule has 1 fully saturated rings. The summed E-state index contributed by atoms with van der Waals surface area (Å²) >= 11 is 5.50. The summed E-state index contributed by atoms with van der Waals surface area (Å²) in [5.74, 6) is 0.552. The fourth-order valence-corrected chi connectivity index (χ4v) is 2.46. The van der Waals surface area contributed by atoms with E-state index in [0.29, 0.717) is 12.5 Å². The van der Waals surface area contributed by atoms with E-state index in [0.717, 1.165) is 38.0 Å². The van der Waals surface area contributed by atoms with Gasteiger partial charge in [0.15, 0.2) is 0 Å². The highest BCUT2D eigenvalue weighted by atomic mass is 35.5. The van der Waals surface area contributed by atoms with E-state index in [1.54, 1.807) is 4.90 Å². The summed E-state index contributed by atoms with van der Waals surface area (Å²) in [5.41, 5.74) is 1.01. The zero-order chi connectivity index (χ0) is 13.5. The molecule has 1 amide bonds. The van der Waals surface area contributed by atoms with Crippen LogP contribution in [0.3, 0.4) is 0 Å². The molecule has 1 heterocycles. The monoisotopic (exact) mass is 282 g/mol. The number of hydrogen-bond acceptors (Lipinski definition) is 3. The van der Waals surface area contributed by atoms with E-state index in [4.69, 9.17) is 16.5 Å². The van der Waals surface area contributed by atoms with Gasteiger partial charge in [0.05, 0.1) is 0 Å². The highest BCUT2D eigenvalue weighted by molar-refractivity contribution is 6.13. The number of likely N-dealkylation sites (tertiary alicyclic amines) is 1. The number of amides is 1. The topological polar surface area (TPSA) is 41.6 Å². The van der Waals surface area contributed by atoms with Crippen molar-refractivity contribution in [1.29, 1.82) is 0 Å².